The van der Waals surface area contributed by atoms with E-state index in [-0.39, 0.29) is 11.3 Å². The van der Waals surface area contributed by atoms with Crippen molar-refractivity contribution in [2.45, 2.75) is 13.0 Å². The highest BCUT2D eigenvalue weighted by molar-refractivity contribution is 5.80. The average Bonchev–Trinajstić information content (AvgIpc) is 2.28. The summed E-state index contributed by atoms with van der Waals surface area (Å²) in [5.41, 5.74) is 1.66. The lowest BCUT2D eigenvalue weighted by molar-refractivity contribution is -0.127. The Morgan fingerprint density at radius 1 is 1.69 bits per heavy atom. The molecule has 16 heavy (non-hydrogen) atoms. The monoisotopic (exact) mass is 223 g/mol. The standard InChI is InChI=1S/C10H10FN3O2/c1-6(10(15)14-13)16-9-4-2-3-8(11)7(9)5-12/h2-4,6H,13H2,1H3,(H,14,15). The summed E-state index contributed by atoms with van der Waals surface area (Å²) in [6.07, 6.45) is -0.904. The van der Waals surface area contributed by atoms with Crippen LogP contribution in [0.25, 0.3) is 0 Å². The molecule has 5 nitrogen and oxygen atoms in total. The number of carbonyl (C=O) groups excluding carboxylic acids is 1. The van der Waals surface area contributed by atoms with Gasteiger partial charge in [0.25, 0.3) is 5.91 Å². The van der Waals surface area contributed by atoms with Crippen molar-refractivity contribution in [3.8, 4) is 11.8 Å². The lowest BCUT2D eigenvalue weighted by Gasteiger charge is -2.13. The van der Waals surface area contributed by atoms with E-state index < -0.39 is 17.8 Å². The summed E-state index contributed by atoms with van der Waals surface area (Å²) in [5, 5.41) is 8.71. The second kappa shape index (κ2) is 5.09. The first-order valence-corrected chi connectivity index (χ1v) is 4.46. The Bertz CT molecular complexity index is 442. The first kappa shape index (κ1) is 11.9. The molecule has 1 aromatic rings. The summed E-state index contributed by atoms with van der Waals surface area (Å²) in [5.74, 6) is 3.67. The molecule has 0 aliphatic carbocycles. The molecule has 3 N–H and O–H groups in total. The Balaban J connectivity index is 2.94. The number of hydrazine groups is 1. The van der Waals surface area contributed by atoms with Crippen LogP contribution in [0.3, 0.4) is 0 Å². The molecule has 0 spiro atoms. The van der Waals surface area contributed by atoms with E-state index in [1.807, 2.05) is 5.43 Å². The van der Waals surface area contributed by atoms with Crippen molar-refractivity contribution < 1.29 is 13.9 Å². The van der Waals surface area contributed by atoms with E-state index in [0.717, 1.165) is 6.07 Å². The highest BCUT2D eigenvalue weighted by Crippen LogP contribution is 2.21. The minimum atomic E-state index is -0.904. The van der Waals surface area contributed by atoms with Gasteiger partial charge in [0.15, 0.2) is 6.10 Å². The van der Waals surface area contributed by atoms with Crippen LogP contribution < -0.4 is 16.0 Å². The van der Waals surface area contributed by atoms with Crippen molar-refractivity contribution in [2.24, 2.45) is 5.84 Å². The van der Waals surface area contributed by atoms with Crippen LogP contribution in [0.4, 0.5) is 4.39 Å². The van der Waals surface area contributed by atoms with Crippen molar-refractivity contribution in [3.05, 3.63) is 29.6 Å². The fourth-order valence-electron chi connectivity index (χ4n) is 1.07. The van der Waals surface area contributed by atoms with Crippen LogP contribution in [0.1, 0.15) is 12.5 Å². The van der Waals surface area contributed by atoms with Gasteiger partial charge in [0.2, 0.25) is 0 Å². The number of nitrogens with two attached hydrogens (primary N) is 1. The molecule has 6 heteroatoms. The zero-order valence-corrected chi connectivity index (χ0v) is 8.53. The van der Waals surface area contributed by atoms with E-state index in [0.29, 0.717) is 0 Å². The quantitative estimate of drug-likeness (QED) is 0.442. The molecule has 1 rings (SSSR count). The van der Waals surface area contributed by atoms with Crippen LogP contribution in [-0.4, -0.2) is 12.0 Å². The van der Waals surface area contributed by atoms with Crippen molar-refractivity contribution in [2.75, 3.05) is 0 Å². The molecule has 0 saturated carbocycles. The van der Waals surface area contributed by atoms with E-state index in [4.69, 9.17) is 15.8 Å². The van der Waals surface area contributed by atoms with Gasteiger partial charge in [-0.2, -0.15) is 5.26 Å². The van der Waals surface area contributed by atoms with Gasteiger partial charge < -0.3 is 4.74 Å². The molecule has 0 fully saturated rings. The maximum absolute atomic E-state index is 13.2. The normalized spacial score (nSPS) is 11.4. The Labute approximate surface area is 91.6 Å². The molecular formula is C10H10FN3O2. The largest absolute Gasteiger partial charge is 0.479 e. The van der Waals surface area contributed by atoms with Crippen molar-refractivity contribution in [1.82, 2.24) is 5.43 Å². The zero-order valence-electron chi connectivity index (χ0n) is 8.53. The average molecular weight is 223 g/mol. The fourth-order valence-corrected chi connectivity index (χ4v) is 1.07. The van der Waals surface area contributed by atoms with E-state index >= 15 is 0 Å². The number of hydrogen-bond acceptors (Lipinski definition) is 4. The van der Waals surface area contributed by atoms with E-state index in [9.17, 15) is 9.18 Å². The van der Waals surface area contributed by atoms with Gasteiger partial charge in [-0.05, 0) is 19.1 Å². The van der Waals surface area contributed by atoms with Crippen LogP contribution >= 0.6 is 0 Å². The fraction of sp³-hybridized carbons (Fsp3) is 0.200. The maximum Gasteiger partial charge on any atom is 0.274 e. The van der Waals surface area contributed by atoms with Gasteiger partial charge in [-0.15, -0.1) is 0 Å². The number of hydrogen-bond donors (Lipinski definition) is 2. The lowest BCUT2D eigenvalue weighted by Crippen LogP contribution is -2.40. The molecule has 0 aromatic heterocycles. The van der Waals surface area contributed by atoms with E-state index in [2.05, 4.69) is 0 Å². The minimum absolute atomic E-state index is 0.0126. The SMILES string of the molecule is CC(Oc1cccc(F)c1C#N)C(=O)NN. The number of amides is 1. The molecular weight excluding hydrogens is 213 g/mol. The number of nitrogens with zero attached hydrogens (tertiary/aromatic N) is 1. The predicted molar refractivity (Wildman–Crippen MR) is 53.5 cm³/mol. The molecule has 0 saturated heterocycles. The first-order chi connectivity index (χ1) is 7.60. The highest BCUT2D eigenvalue weighted by Gasteiger charge is 2.16. The van der Waals surface area contributed by atoms with Crippen LogP contribution in [0.15, 0.2) is 18.2 Å². The Hall–Kier alpha value is -2.13. The number of benzene rings is 1. The van der Waals surface area contributed by atoms with E-state index in [1.54, 1.807) is 6.07 Å². The first-order valence-electron chi connectivity index (χ1n) is 4.46. The smallest absolute Gasteiger partial charge is 0.274 e. The molecule has 0 aliphatic heterocycles. The second-order valence-electron chi connectivity index (χ2n) is 2.99. The summed E-state index contributed by atoms with van der Waals surface area (Å²) >= 11 is 0. The number of ether oxygens (including phenoxy) is 1. The number of nitrogens with one attached hydrogen (secondary N) is 1. The van der Waals surface area contributed by atoms with Gasteiger partial charge in [0, 0.05) is 0 Å². The Kier molecular flexibility index (Phi) is 3.80. The number of carbonyl (C=O) groups is 1. The van der Waals surface area contributed by atoms with E-state index in [1.165, 1.54) is 19.1 Å². The maximum atomic E-state index is 13.2. The molecule has 0 aliphatic rings. The highest BCUT2D eigenvalue weighted by atomic mass is 19.1. The third kappa shape index (κ3) is 2.46. The molecule has 84 valence electrons. The molecule has 1 amide bonds. The summed E-state index contributed by atoms with van der Waals surface area (Å²) < 4.78 is 18.3. The zero-order chi connectivity index (χ0) is 12.1. The predicted octanol–water partition coefficient (Wildman–Crippen LogP) is 0.455. The third-order valence-corrected chi connectivity index (χ3v) is 1.90. The van der Waals surface area contributed by atoms with Crippen LogP contribution in [0.5, 0.6) is 5.75 Å². The minimum Gasteiger partial charge on any atom is -0.479 e. The number of halogens is 1. The van der Waals surface area contributed by atoms with Gasteiger partial charge in [-0.25, -0.2) is 10.2 Å². The van der Waals surface area contributed by atoms with Gasteiger partial charge in [-0.1, -0.05) is 6.07 Å². The summed E-state index contributed by atoms with van der Waals surface area (Å²) in [6, 6.07) is 5.59. The van der Waals surface area contributed by atoms with Crippen molar-refractivity contribution in [3.63, 3.8) is 0 Å². The molecule has 0 heterocycles. The van der Waals surface area contributed by atoms with Gasteiger partial charge in [0.1, 0.15) is 23.2 Å². The number of rotatable bonds is 3. The molecule has 1 unspecified atom stereocenters. The van der Waals surface area contributed by atoms with Gasteiger partial charge in [0.05, 0.1) is 0 Å². The number of nitriles is 1. The molecule has 1 atom stereocenters. The van der Waals surface area contributed by atoms with Gasteiger partial charge in [-0.3, -0.25) is 10.2 Å². The van der Waals surface area contributed by atoms with Crippen LogP contribution in [-0.2, 0) is 4.79 Å². The molecule has 0 radical (unpaired) electrons. The summed E-state index contributed by atoms with van der Waals surface area (Å²) in [4.78, 5) is 11.1. The van der Waals surface area contributed by atoms with Gasteiger partial charge >= 0.3 is 0 Å². The van der Waals surface area contributed by atoms with Crippen LogP contribution in [0.2, 0.25) is 0 Å². The lowest BCUT2D eigenvalue weighted by atomic mass is 10.2. The molecule has 0 bridgehead atoms. The molecule has 1 aromatic carbocycles. The summed E-state index contributed by atoms with van der Waals surface area (Å²) in [6.45, 7) is 1.44. The third-order valence-electron chi connectivity index (χ3n) is 1.90. The topological polar surface area (TPSA) is 88.1 Å². The Morgan fingerprint density at radius 3 is 2.94 bits per heavy atom. The van der Waals surface area contributed by atoms with Crippen LogP contribution in [0, 0.1) is 17.1 Å². The summed E-state index contributed by atoms with van der Waals surface area (Å²) in [7, 11) is 0. The van der Waals surface area contributed by atoms with Crippen molar-refractivity contribution in [1.29, 1.82) is 5.26 Å². The Morgan fingerprint density at radius 2 is 2.38 bits per heavy atom. The van der Waals surface area contributed by atoms with Crippen molar-refractivity contribution >= 4 is 5.91 Å². The second-order valence-corrected chi connectivity index (χ2v) is 2.99.